The molecule has 0 atom stereocenters. The van der Waals surface area contributed by atoms with Crippen LogP contribution >= 0.6 is 15.9 Å². The van der Waals surface area contributed by atoms with Crippen LogP contribution in [0.1, 0.15) is 23.9 Å². The fourth-order valence-corrected chi connectivity index (χ4v) is 1.65. The van der Waals surface area contributed by atoms with Gasteiger partial charge in [0.1, 0.15) is 6.54 Å². The molecule has 6 heteroatoms. The third-order valence-corrected chi connectivity index (χ3v) is 2.54. The van der Waals surface area contributed by atoms with E-state index in [-0.39, 0.29) is 12.3 Å². The summed E-state index contributed by atoms with van der Waals surface area (Å²) >= 11 is 3.16. The van der Waals surface area contributed by atoms with Gasteiger partial charge in [0, 0.05) is 6.54 Å². The van der Waals surface area contributed by atoms with E-state index in [2.05, 4.69) is 15.9 Å². The molecule has 1 heterocycles. The van der Waals surface area contributed by atoms with E-state index < -0.39 is 11.9 Å². The van der Waals surface area contributed by atoms with Crippen molar-refractivity contribution in [3.63, 3.8) is 0 Å². The van der Waals surface area contributed by atoms with Crippen molar-refractivity contribution in [1.29, 1.82) is 0 Å². The van der Waals surface area contributed by atoms with Crippen molar-refractivity contribution < 1.29 is 19.1 Å². The highest BCUT2D eigenvalue weighted by Gasteiger charge is 2.22. The summed E-state index contributed by atoms with van der Waals surface area (Å²) in [5, 5.41) is 8.69. The molecule has 5 nitrogen and oxygen atoms in total. The normalized spacial score (nSPS) is 10.1. The molecular weight excluding hydrogens is 278 g/mol. The molecule has 0 aliphatic heterocycles. The molecular formula is C10H12BrNO4. The summed E-state index contributed by atoms with van der Waals surface area (Å²) in [6.45, 7) is 1.94. The Balaban J connectivity index is 2.82. The number of hydrogen-bond acceptors (Lipinski definition) is 3. The molecule has 0 bridgehead atoms. The van der Waals surface area contributed by atoms with Crippen molar-refractivity contribution in [2.24, 2.45) is 0 Å². The molecule has 0 spiro atoms. The highest BCUT2D eigenvalue weighted by atomic mass is 79.9. The van der Waals surface area contributed by atoms with Gasteiger partial charge >= 0.3 is 5.97 Å². The van der Waals surface area contributed by atoms with E-state index in [1.54, 1.807) is 6.07 Å². The van der Waals surface area contributed by atoms with Crippen LogP contribution in [0, 0.1) is 0 Å². The molecule has 0 saturated carbocycles. The maximum Gasteiger partial charge on any atom is 0.323 e. The standard InChI is InChI=1S/C10H12BrNO4/c1-2-4-12(6-8(13)14)10(15)9-7(11)3-5-16-9/h3,5H,2,4,6H2,1H3,(H,13,14). The Kier molecular flexibility index (Phi) is 4.54. The molecule has 1 aromatic rings. The molecule has 1 aromatic heterocycles. The summed E-state index contributed by atoms with van der Waals surface area (Å²) in [6.07, 6.45) is 2.07. The summed E-state index contributed by atoms with van der Waals surface area (Å²) in [5.41, 5.74) is 0. The number of carbonyl (C=O) groups excluding carboxylic acids is 1. The van der Waals surface area contributed by atoms with Gasteiger partial charge in [-0.1, -0.05) is 6.92 Å². The summed E-state index contributed by atoms with van der Waals surface area (Å²) in [4.78, 5) is 23.7. The van der Waals surface area contributed by atoms with Crippen molar-refractivity contribution in [3.05, 3.63) is 22.6 Å². The van der Waals surface area contributed by atoms with Crippen LogP contribution in [0.3, 0.4) is 0 Å². The molecule has 0 radical (unpaired) electrons. The third kappa shape index (κ3) is 3.10. The summed E-state index contributed by atoms with van der Waals surface area (Å²) < 4.78 is 5.54. The Labute approximate surface area is 101 Å². The van der Waals surface area contributed by atoms with E-state index in [1.165, 1.54) is 11.2 Å². The van der Waals surface area contributed by atoms with E-state index in [9.17, 15) is 9.59 Å². The van der Waals surface area contributed by atoms with Crippen molar-refractivity contribution >= 4 is 27.8 Å². The lowest BCUT2D eigenvalue weighted by Gasteiger charge is -2.18. The van der Waals surface area contributed by atoms with E-state index in [1.807, 2.05) is 6.92 Å². The van der Waals surface area contributed by atoms with Crippen molar-refractivity contribution in [2.75, 3.05) is 13.1 Å². The minimum absolute atomic E-state index is 0.134. The number of halogens is 1. The van der Waals surface area contributed by atoms with Crippen LogP contribution in [-0.2, 0) is 4.79 Å². The molecule has 1 N–H and O–H groups in total. The quantitative estimate of drug-likeness (QED) is 0.900. The Morgan fingerprint density at radius 1 is 1.56 bits per heavy atom. The van der Waals surface area contributed by atoms with Gasteiger partial charge in [-0.15, -0.1) is 0 Å². The zero-order valence-electron chi connectivity index (χ0n) is 8.77. The minimum atomic E-state index is -1.04. The van der Waals surface area contributed by atoms with Crippen LogP contribution < -0.4 is 0 Å². The monoisotopic (exact) mass is 289 g/mol. The van der Waals surface area contributed by atoms with Gasteiger partial charge in [-0.3, -0.25) is 9.59 Å². The van der Waals surface area contributed by atoms with Gasteiger partial charge < -0.3 is 14.4 Å². The predicted octanol–water partition coefficient (Wildman–Crippen LogP) is 1.98. The van der Waals surface area contributed by atoms with Crippen molar-refractivity contribution in [3.8, 4) is 0 Å². The lowest BCUT2D eigenvalue weighted by atomic mass is 10.3. The second kappa shape index (κ2) is 5.69. The van der Waals surface area contributed by atoms with Crippen LogP contribution in [0.2, 0.25) is 0 Å². The lowest BCUT2D eigenvalue weighted by molar-refractivity contribution is -0.137. The minimum Gasteiger partial charge on any atom is -0.480 e. The van der Waals surface area contributed by atoms with E-state index in [0.29, 0.717) is 17.4 Å². The van der Waals surface area contributed by atoms with Crippen LogP contribution in [0.25, 0.3) is 0 Å². The average Bonchev–Trinajstić information content (AvgIpc) is 2.62. The number of nitrogens with zero attached hydrogens (tertiary/aromatic N) is 1. The number of aliphatic carboxylic acids is 1. The zero-order valence-corrected chi connectivity index (χ0v) is 10.4. The molecule has 1 amide bonds. The van der Waals surface area contributed by atoms with Crippen LogP contribution in [0.15, 0.2) is 21.2 Å². The molecule has 0 saturated heterocycles. The second-order valence-corrected chi connectivity index (χ2v) is 4.07. The summed E-state index contributed by atoms with van der Waals surface area (Å²) in [5.74, 6) is -1.32. The molecule has 0 aliphatic carbocycles. The van der Waals surface area contributed by atoms with Gasteiger partial charge in [-0.2, -0.15) is 0 Å². The molecule has 0 aromatic carbocycles. The Hall–Kier alpha value is -1.30. The van der Waals surface area contributed by atoms with Gasteiger partial charge in [0.05, 0.1) is 10.7 Å². The fourth-order valence-electron chi connectivity index (χ4n) is 1.28. The average molecular weight is 290 g/mol. The van der Waals surface area contributed by atoms with E-state index >= 15 is 0 Å². The molecule has 0 aliphatic rings. The number of carbonyl (C=O) groups is 2. The number of rotatable bonds is 5. The number of carboxylic acid groups (broad SMARTS) is 1. The number of furan rings is 1. The van der Waals surface area contributed by atoms with Gasteiger partial charge in [0.25, 0.3) is 5.91 Å². The van der Waals surface area contributed by atoms with Gasteiger partial charge in [-0.25, -0.2) is 0 Å². The number of carboxylic acids is 1. The first-order valence-corrected chi connectivity index (χ1v) is 5.59. The highest BCUT2D eigenvalue weighted by Crippen LogP contribution is 2.19. The summed E-state index contributed by atoms with van der Waals surface area (Å²) in [6, 6.07) is 1.60. The predicted molar refractivity (Wildman–Crippen MR) is 60.2 cm³/mol. The first-order chi connectivity index (χ1) is 7.56. The maximum atomic E-state index is 11.9. The lowest BCUT2D eigenvalue weighted by Crippen LogP contribution is -2.36. The molecule has 1 rings (SSSR count). The molecule has 88 valence electrons. The highest BCUT2D eigenvalue weighted by molar-refractivity contribution is 9.10. The second-order valence-electron chi connectivity index (χ2n) is 3.22. The summed E-state index contributed by atoms with van der Waals surface area (Å²) in [7, 11) is 0. The SMILES string of the molecule is CCCN(CC(=O)O)C(=O)c1occc1Br. The van der Waals surface area contributed by atoms with E-state index in [0.717, 1.165) is 0 Å². The smallest absolute Gasteiger partial charge is 0.323 e. The first kappa shape index (κ1) is 12.8. The molecule has 0 fully saturated rings. The van der Waals surface area contributed by atoms with Crippen molar-refractivity contribution in [2.45, 2.75) is 13.3 Å². The van der Waals surface area contributed by atoms with Crippen LogP contribution in [0.5, 0.6) is 0 Å². The number of hydrogen-bond donors (Lipinski definition) is 1. The van der Waals surface area contributed by atoms with Crippen LogP contribution in [0.4, 0.5) is 0 Å². The van der Waals surface area contributed by atoms with E-state index in [4.69, 9.17) is 9.52 Å². The first-order valence-electron chi connectivity index (χ1n) is 4.80. The molecule has 16 heavy (non-hydrogen) atoms. The Morgan fingerprint density at radius 3 is 2.69 bits per heavy atom. The van der Waals surface area contributed by atoms with Gasteiger partial charge in [-0.05, 0) is 28.4 Å². The largest absolute Gasteiger partial charge is 0.480 e. The van der Waals surface area contributed by atoms with Gasteiger partial charge in [0.2, 0.25) is 5.76 Å². The molecule has 0 unspecified atom stereocenters. The zero-order chi connectivity index (χ0) is 12.1. The van der Waals surface area contributed by atoms with Crippen LogP contribution in [-0.4, -0.2) is 35.0 Å². The topological polar surface area (TPSA) is 70.8 Å². The van der Waals surface area contributed by atoms with Crippen molar-refractivity contribution in [1.82, 2.24) is 4.90 Å². The Bertz CT molecular complexity index is 388. The Morgan fingerprint density at radius 2 is 2.25 bits per heavy atom. The number of amides is 1. The third-order valence-electron chi connectivity index (χ3n) is 1.92. The maximum absolute atomic E-state index is 11.9. The fraction of sp³-hybridized carbons (Fsp3) is 0.400. The van der Waals surface area contributed by atoms with Gasteiger partial charge in [0.15, 0.2) is 0 Å².